The number of rotatable bonds is 2. The first-order valence-electron chi connectivity index (χ1n) is 1.91. The average molecular weight is 131 g/mol. The van der Waals surface area contributed by atoms with Gasteiger partial charge < -0.3 is 4.74 Å². The van der Waals surface area contributed by atoms with Crippen LogP contribution >= 0.6 is 11.8 Å². The minimum atomic E-state index is -0.354. The second-order valence-corrected chi connectivity index (χ2v) is 1.70. The zero-order valence-electron chi connectivity index (χ0n) is 4.38. The average Bonchev–Trinajstić information content (AvgIpc) is 1.66. The van der Waals surface area contributed by atoms with Gasteiger partial charge in [0.25, 0.3) is 0 Å². The molecule has 0 unspecified atom stereocenters. The van der Waals surface area contributed by atoms with E-state index >= 15 is 0 Å². The molecule has 0 aliphatic heterocycles. The Morgan fingerprint density at radius 1 is 2.00 bits per heavy atom. The van der Waals surface area contributed by atoms with Gasteiger partial charge in [0, 0.05) is 6.92 Å². The lowest BCUT2D eigenvalue weighted by molar-refractivity contribution is -0.138. The number of ether oxygens (including phenoxy) is 1. The second kappa shape index (κ2) is 4.47. The topological polar surface area (TPSA) is 50.1 Å². The van der Waals surface area contributed by atoms with Crippen LogP contribution < -0.4 is 0 Å². The van der Waals surface area contributed by atoms with Gasteiger partial charge in [-0.25, -0.2) is 0 Å². The smallest absolute Gasteiger partial charge is 0.303 e. The molecule has 0 aromatic heterocycles. The summed E-state index contributed by atoms with van der Waals surface area (Å²) in [5, 5.41) is 9.66. The standard InChI is InChI=1S/C4H5NO2S/c1-4(6)7-3-8-2-5/h3H2,1H3. The normalized spacial score (nSPS) is 7.50. The number of carbonyl (C=O) groups excluding carboxylic acids is 1. The Bertz CT molecular complexity index is 118. The molecular formula is C4H5NO2S. The Hall–Kier alpha value is -0.690. The molecule has 0 saturated carbocycles. The first kappa shape index (κ1) is 7.31. The molecule has 0 radical (unpaired) electrons. The number of thioether (sulfide) groups is 1. The largest absolute Gasteiger partial charge is 0.454 e. The molecule has 0 aliphatic carbocycles. The molecule has 0 N–H and O–H groups in total. The van der Waals surface area contributed by atoms with Gasteiger partial charge in [0.15, 0.2) is 5.94 Å². The van der Waals surface area contributed by atoms with Gasteiger partial charge in [-0.2, -0.15) is 5.26 Å². The van der Waals surface area contributed by atoms with E-state index in [1.807, 2.05) is 0 Å². The summed E-state index contributed by atoms with van der Waals surface area (Å²) in [4.78, 5) is 9.97. The van der Waals surface area contributed by atoms with Crippen LogP contribution in [0.4, 0.5) is 0 Å². The second-order valence-electron chi connectivity index (χ2n) is 0.989. The molecule has 44 valence electrons. The number of nitriles is 1. The van der Waals surface area contributed by atoms with Crippen LogP contribution in [0.1, 0.15) is 6.92 Å². The zero-order valence-corrected chi connectivity index (χ0v) is 5.20. The number of esters is 1. The molecular weight excluding hydrogens is 126 g/mol. The van der Waals surface area contributed by atoms with Gasteiger partial charge in [-0.1, -0.05) is 0 Å². The summed E-state index contributed by atoms with van der Waals surface area (Å²) < 4.78 is 4.38. The summed E-state index contributed by atoms with van der Waals surface area (Å²) in [5.74, 6) is -0.223. The highest BCUT2D eigenvalue weighted by Crippen LogP contribution is 1.94. The van der Waals surface area contributed by atoms with E-state index in [2.05, 4.69) is 4.74 Å². The third kappa shape index (κ3) is 5.31. The molecule has 0 saturated heterocycles. The molecule has 0 fully saturated rings. The fourth-order valence-corrected chi connectivity index (χ4v) is 0.416. The SMILES string of the molecule is CC(=O)OCSC#N. The van der Waals surface area contributed by atoms with Crippen molar-refractivity contribution in [3.8, 4) is 5.40 Å². The van der Waals surface area contributed by atoms with Crippen molar-refractivity contribution in [1.82, 2.24) is 0 Å². The van der Waals surface area contributed by atoms with E-state index in [1.165, 1.54) is 6.92 Å². The minimum Gasteiger partial charge on any atom is -0.454 e. The number of nitrogens with zero attached hydrogens (tertiary/aromatic N) is 1. The Labute approximate surface area is 51.6 Å². The van der Waals surface area contributed by atoms with Crippen molar-refractivity contribution in [1.29, 1.82) is 5.26 Å². The van der Waals surface area contributed by atoms with Gasteiger partial charge in [0.05, 0.1) is 0 Å². The van der Waals surface area contributed by atoms with E-state index in [9.17, 15) is 4.79 Å². The molecule has 0 amide bonds. The van der Waals surface area contributed by atoms with Gasteiger partial charge in [-0.05, 0) is 11.8 Å². The van der Waals surface area contributed by atoms with Crippen molar-refractivity contribution in [3.63, 3.8) is 0 Å². The zero-order chi connectivity index (χ0) is 6.41. The first-order chi connectivity index (χ1) is 3.77. The molecule has 0 spiro atoms. The van der Waals surface area contributed by atoms with Crippen LogP contribution in [0.2, 0.25) is 0 Å². The van der Waals surface area contributed by atoms with Crippen LogP contribution in [0.5, 0.6) is 0 Å². The maximum atomic E-state index is 9.97. The highest BCUT2D eigenvalue weighted by Gasteiger charge is 1.88. The third-order valence-electron chi connectivity index (χ3n) is 0.386. The predicted octanol–water partition coefficient (Wildman–Crippen LogP) is 0.721. The number of carbonyl (C=O) groups is 1. The van der Waals surface area contributed by atoms with Crippen molar-refractivity contribution in [2.45, 2.75) is 6.92 Å². The maximum absolute atomic E-state index is 9.97. The van der Waals surface area contributed by atoms with Crippen LogP contribution in [0, 0.1) is 10.7 Å². The van der Waals surface area contributed by atoms with E-state index in [0.29, 0.717) is 0 Å². The fraction of sp³-hybridized carbons (Fsp3) is 0.500. The van der Waals surface area contributed by atoms with Gasteiger partial charge in [0.1, 0.15) is 5.40 Å². The molecule has 4 heteroatoms. The highest BCUT2D eigenvalue weighted by molar-refractivity contribution is 8.03. The maximum Gasteiger partial charge on any atom is 0.303 e. The Morgan fingerprint density at radius 2 is 2.62 bits per heavy atom. The van der Waals surface area contributed by atoms with E-state index in [1.54, 1.807) is 5.40 Å². The quantitative estimate of drug-likeness (QED) is 0.240. The summed E-state index contributed by atoms with van der Waals surface area (Å²) in [6.45, 7) is 1.30. The van der Waals surface area contributed by atoms with Crippen LogP contribution in [0.25, 0.3) is 0 Å². The van der Waals surface area contributed by atoms with Crippen molar-refractivity contribution >= 4 is 17.7 Å². The van der Waals surface area contributed by atoms with Gasteiger partial charge in [-0.15, -0.1) is 0 Å². The van der Waals surface area contributed by atoms with E-state index < -0.39 is 0 Å². The molecule has 0 bridgehead atoms. The Balaban J connectivity index is 2.97. The molecule has 0 rings (SSSR count). The molecule has 0 aliphatic rings. The summed E-state index contributed by atoms with van der Waals surface area (Å²) in [5.41, 5.74) is 0. The van der Waals surface area contributed by atoms with E-state index in [0.717, 1.165) is 11.8 Å². The highest BCUT2D eigenvalue weighted by atomic mass is 32.2. The molecule has 0 atom stereocenters. The van der Waals surface area contributed by atoms with Gasteiger partial charge >= 0.3 is 5.97 Å². The lowest BCUT2D eigenvalue weighted by atomic mass is 10.8. The van der Waals surface area contributed by atoms with E-state index in [4.69, 9.17) is 5.26 Å². The monoisotopic (exact) mass is 131 g/mol. The van der Waals surface area contributed by atoms with Crippen molar-refractivity contribution in [2.24, 2.45) is 0 Å². The summed E-state index contributed by atoms with van der Waals surface area (Å²) >= 11 is 0.899. The first-order valence-corrected chi connectivity index (χ1v) is 2.90. The summed E-state index contributed by atoms with van der Waals surface area (Å²) in [6.07, 6.45) is 0. The van der Waals surface area contributed by atoms with Crippen molar-refractivity contribution in [3.05, 3.63) is 0 Å². The Kier molecular flexibility index (Phi) is 4.08. The molecule has 0 aromatic carbocycles. The molecule has 3 nitrogen and oxygen atoms in total. The lowest BCUT2D eigenvalue weighted by Crippen LogP contribution is -1.95. The number of thiocyanates is 1. The Morgan fingerprint density at radius 3 is 3.00 bits per heavy atom. The van der Waals surface area contributed by atoms with Crippen LogP contribution in [-0.2, 0) is 9.53 Å². The molecule has 8 heavy (non-hydrogen) atoms. The molecule has 0 aromatic rings. The molecule has 0 heterocycles. The third-order valence-corrected chi connectivity index (χ3v) is 0.750. The number of hydrogen-bond donors (Lipinski definition) is 0. The van der Waals surface area contributed by atoms with Crippen molar-refractivity contribution in [2.75, 3.05) is 5.94 Å². The number of hydrogen-bond acceptors (Lipinski definition) is 4. The van der Waals surface area contributed by atoms with Crippen LogP contribution in [-0.4, -0.2) is 11.9 Å². The van der Waals surface area contributed by atoms with Gasteiger partial charge in [0.2, 0.25) is 0 Å². The minimum absolute atomic E-state index is 0.131. The van der Waals surface area contributed by atoms with Gasteiger partial charge in [-0.3, -0.25) is 4.79 Å². The van der Waals surface area contributed by atoms with Crippen LogP contribution in [0.15, 0.2) is 0 Å². The van der Waals surface area contributed by atoms with Crippen molar-refractivity contribution < 1.29 is 9.53 Å². The van der Waals surface area contributed by atoms with E-state index in [-0.39, 0.29) is 11.9 Å². The predicted molar refractivity (Wildman–Crippen MR) is 29.8 cm³/mol. The van der Waals surface area contributed by atoms with Crippen LogP contribution in [0.3, 0.4) is 0 Å². The summed E-state index contributed by atoms with van der Waals surface area (Å²) in [6, 6.07) is 0. The fourth-order valence-electron chi connectivity index (χ4n) is 0.139. The lowest BCUT2D eigenvalue weighted by Gasteiger charge is -1.91. The summed E-state index contributed by atoms with van der Waals surface area (Å²) in [7, 11) is 0.